The van der Waals surface area contributed by atoms with Gasteiger partial charge in [-0.25, -0.2) is 9.79 Å². The maximum absolute atomic E-state index is 11.8. The summed E-state index contributed by atoms with van der Waals surface area (Å²) in [7, 11) is 0. The normalized spacial score (nSPS) is 22.5. The summed E-state index contributed by atoms with van der Waals surface area (Å²) < 4.78 is 0. The molecule has 0 spiro atoms. The number of hydroxylamine groups is 2. The highest BCUT2D eigenvalue weighted by Crippen LogP contribution is 2.28. The number of aliphatic imine (C=N–C) groups is 1. The summed E-state index contributed by atoms with van der Waals surface area (Å²) in [6.45, 7) is 6.95. The summed E-state index contributed by atoms with van der Waals surface area (Å²) >= 11 is 1.55. The van der Waals surface area contributed by atoms with Crippen molar-refractivity contribution in [3.63, 3.8) is 0 Å². The number of thioether (sulfide) groups is 1. The third-order valence-electron chi connectivity index (χ3n) is 3.21. The van der Waals surface area contributed by atoms with E-state index in [1.165, 1.54) is 0 Å². The molecular weight excluding hydrogens is 264 g/mol. The first kappa shape index (κ1) is 14.5. The summed E-state index contributed by atoms with van der Waals surface area (Å²) in [5, 5.41) is 2.69. The molecule has 2 heterocycles. The number of piperidine rings is 1. The molecule has 19 heavy (non-hydrogen) atoms. The van der Waals surface area contributed by atoms with Gasteiger partial charge >= 0.3 is 5.97 Å². The molecule has 0 radical (unpaired) electrons. The Labute approximate surface area is 117 Å². The maximum Gasteiger partial charge on any atom is 0.330 e. The van der Waals surface area contributed by atoms with Crippen LogP contribution in [0.1, 0.15) is 33.6 Å². The van der Waals surface area contributed by atoms with Crippen LogP contribution in [0.5, 0.6) is 0 Å². The van der Waals surface area contributed by atoms with Gasteiger partial charge in [0.2, 0.25) is 0 Å². The van der Waals surface area contributed by atoms with Crippen molar-refractivity contribution in [3.8, 4) is 0 Å². The van der Waals surface area contributed by atoms with Gasteiger partial charge in [0.05, 0.1) is 16.2 Å². The lowest BCUT2D eigenvalue weighted by Gasteiger charge is -2.31. The minimum absolute atomic E-state index is 0.0263. The van der Waals surface area contributed by atoms with Gasteiger partial charge in [0, 0.05) is 19.0 Å². The van der Waals surface area contributed by atoms with Crippen LogP contribution in [0.3, 0.4) is 0 Å². The highest BCUT2D eigenvalue weighted by atomic mass is 32.2. The largest absolute Gasteiger partial charge is 0.367 e. The zero-order chi connectivity index (χ0) is 14.0. The van der Waals surface area contributed by atoms with Crippen LogP contribution in [0.25, 0.3) is 0 Å². The second kappa shape index (κ2) is 5.63. The quantitative estimate of drug-likeness (QED) is 0.775. The summed E-state index contributed by atoms with van der Waals surface area (Å²) in [6.07, 6.45) is 1.77. The van der Waals surface area contributed by atoms with Gasteiger partial charge in [-0.2, -0.15) is 0 Å². The average molecular weight is 284 g/mol. The molecule has 0 aromatic rings. The number of nitrogens with zero attached hydrogens (tertiary/aromatic N) is 2. The molecule has 1 fully saturated rings. The van der Waals surface area contributed by atoms with Crippen LogP contribution in [0.2, 0.25) is 0 Å². The van der Waals surface area contributed by atoms with Gasteiger partial charge < -0.3 is 4.84 Å². The van der Waals surface area contributed by atoms with E-state index in [2.05, 4.69) is 4.99 Å². The molecule has 0 aromatic carbocycles. The van der Waals surface area contributed by atoms with Crippen LogP contribution in [0.4, 0.5) is 0 Å². The molecule has 0 N–H and O–H groups in total. The van der Waals surface area contributed by atoms with Crippen molar-refractivity contribution in [3.05, 3.63) is 0 Å². The van der Waals surface area contributed by atoms with Gasteiger partial charge in [-0.1, -0.05) is 0 Å². The monoisotopic (exact) mass is 284 g/mol. The summed E-state index contributed by atoms with van der Waals surface area (Å²) in [5.41, 5.74) is -0.478. The fourth-order valence-electron chi connectivity index (χ4n) is 1.98. The zero-order valence-corrected chi connectivity index (χ0v) is 12.5. The SMILES string of the molecule is CC(C)(C)C(=O)ON1CCC(C2=NC(=O)CS2)CC1. The van der Waals surface area contributed by atoms with Crippen LogP contribution in [0, 0.1) is 11.3 Å². The van der Waals surface area contributed by atoms with Crippen molar-refractivity contribution in [2.24, 2.45) is 16.3 Å². The molecule has 0 aromatic heterocycles. The fourth-order valence-corrected chi connectivity index (χ4v) is 2.95. The third-order valence-corrected chi connectivity index (χ3v) is 4.32. The van der Waals surface area contributed by atoms with E-state index >= 15 is 0 Å². The topological polar surface area (TPSA) is 59.0 Å². The molecular formula is C13H20N2O3S. The van der Waals surface area contributed by atoms with Crippen LogP contribution in [0.15, 0.2) is 4.99 Å². The maximum atomic E-state index is 11.8. The highest BCUT2D eigenvalue weighted by molar-refractivity contribution is 8.15. The molecule has 2 aliphatic heterocycles. The van der Waals surface area contributed by atoms with E-state index in [9.17, 15) is 9.59 Å². The van der Waals surface area contributed by atoms with Crippen LogP contribution in [-0.4, -0.2) is 40.8 Å². The van der Waals surface area contributed by atoms with Gasteiger partial charge in [0.1, 0.15) is 0 Å². The molecule has 0 bridgehead atoms. The number of hydrogen-bond acceptors (Lipinski definition) is 5. The Hall–Kier alpha value is -0.880. The molecule has 6 heteroatoms. The predicted molar refractivity (Wildman–Crippen MR) is 74.7 cm³/mol. The van der Waals surface area contributed by atoms with Gasteiger partial charge in [-0.05, 0) is 33.6 Å². The number of amides is 1. The first-order valence-corrected chi connectivity index (χ1v) is 7.56. The standard InChI is InChI=1S/C13H20N2O3S/c1-13(2,3)12(17)18-15-6-4-9(5-7-15)11-14-10(16)8-19-11/h9H,4-8H2,1-3H3. The first-order chi connectivity index (χ1) is 8.86. The molecule has 5 nitrogen and oxygen atoms in total. The van der Waals surface area contributed by atoms with E-state index in [0.717, 1.165) is 17.9 Å². The summed E-state index contributed by atoms with van der Waals surface area (Å²) in [4.78, 5) is 32.3. The molecule has 1 amide bonds. The van der Waals surface area contributed by atoms with Crippen molar-refractivity contribution in [1.29, 1.82) is 0 Å². The molecule has 0 unspecified atom stereocenters. The number of rotatable bonds is 2. The van der Waals surface area contributed by atoms with E-state index < -0.39 is 5.41 Å². The highest BCUT2D eigenvalue weighted by Gasteiger charge is 2.31. The van der Waals surface area contributed by atoms with Gasteiger partial charge in [-0.3, -0.25) is 4.79 Å². The van der Waals surface area contributed by atoms with Crippen molar-refractivity contribution in [2.75, 3.05) is 18.8 Å². The smallest absolute Gasteiger partial charge is 0.330 e. The van der Waals surface area contributed by atoms with Crippen molar-refractivity contribution in [2.45, 2.75) is 33.6 Å². The lowest BCUT2D eigenvalue weighted by molar-refractivity contribution is -0.204. The minimum atomic E-state index is -0.478. The molecule has 0 atom stereocenters. The average Bonchev–Trinajstić information content (AvgIpc) is 2.75. The lowest BCUT2D eigenvalue weighted by atomic mass is 9.97. The van der Waals surface area contributed by atoms with E-state index in [0.29, 0.717) is 24.8 Å². The Morgan fingerprint density at radius 2 is 2.00 bits per heavy atom. The predicted octanol–water partition coefficient (Wildman–Crippen LogP) is 1.87. The Balaban J connectivity index is 1.81. The molecule has 1 saturated heterocycles. The van der Waals surface area contributed by atoms with Crippen LogP contribution in [-0.2, 0) is 14.4 Å². The Bertz CT molecular complexity index is 407. The minimum Gasteiger partial charge on any atom is -0.367 e. The van der Waals surface area contributed by atoms with Crippen LogP contribution < -0.4 is 0 Å². The molecule has 2 rings (SSSR count). The van der Waals surface area contributed by atoms with E-state index in [-0.39, 0.29) is 11.9 Å². The van der Waals surface area contributed by atoms with Crippen molar-refractivity contribution >= 4 is 28.7 Å². The Morgan fingerprint density at radius 3 is 2.47 bits per heavy atom. The van der Waals surface area contributed by atoms with Crippen molar-refractivity contribution < 1.29 is 14.4 Å². The summed E-state index contributed by atoms with van der Waals surface area (Å²) in [6, 6.07) is 0. The van der Waals surface area contributed by atoms with E-state index in [4.69, 9.17) is 4.84 Å². The molecule has 2 aliphatic rings. The van der Waals surface area contributed by atoms with E-state index in [1.54, 1.807) is 16.8 Å². The molecule has 0 saturated carbocycles. The number of carbonyl (C=O) groups is 2. The number of carbonyl (C=O) groups excluding carboxylic acids is 2. The van der Waals surface area contributed by atoms with E-state index in [1.807, 2.05) is 20.8 Å². The fraction of sp³-hybridized carbons (Fsp3) is 0.769. The van der Waals surface area contributed by atoms with Gasteiger partial charge in [0.25, 0.3) is 5.91 Å². The van der Waals surface area contributed by atoms with Crippen LogP contribution >= 0.6 is 11.8 Å². The Kier molecular flexibility index (Phi) is 4.30. The Morgan fingerprint density at radius 1 is 1.37 bits per heavy atom. The number of hydrogen-bond donors (Lipinski definition) is 0. The summed E-state index contributed by atoms with van der Waals surface area (Å²) in [5.74, 6) is 0.602. The van der Waals surface area contributed by atoms with Gasteiger partial charge in [-0.15, -0.1) is 16.8 Å². The molecule has 106 valence electrons. The zero-order valence-electron chi connectivity index (χ0n) is 11.6. The first-order valence-electron chi connectivity index (χ1n) is 6.58. The second-order valence-electron chi connectivity index (χ2n) is 5.96. The van der Waals surface area contributed by atoms with Crippen molar-refractivity contribution in [1.82, 2.24) is 5.06 Å². The lowest BCUT2D eigenvalue weighted by Crippen LogP contribution is -2.39. The molecule has 0 aliphatic carbocycles. The van der Waals surface area contributed by atoms with Gasteiger partial charge in [0.15, 0.2) is 0 Å². The second-order valence-corrected chi connectivity index (χ2v) is 6.96. The third kappa shape index (κ3) is 3.79.